The average Bonchev–Trinajstić information content (AvgIpc) is 3.99. The zero-order chi connectivity index (χ0) is 40.0. The molecule has 0 saturated heterocycles. The molecule has 0 saturated carbocycles. The summed E-state index contributed by atoms with van der Waals surface area (Å²) < 4.78 is 12.8. The molecule has 13 rings (SSSR count). The van der Waals surface area contributed by atoms with Crippen molar-refractivity contribution in [3.63, 3.8) is 0 Å². The normalized spacial score (nSPS) is 11.9. The predicted octanol–water partition coefficient (Wildman–Crippen LogP) is 15.9. The van der Waals surface area contributed by atoms with Crippen LogP contribution in [0.1, 0.15) is 0 Å². The molecule has 0 amide bonds. The summed E-state index contributed by atoms with van der Waals surface area (Å²) in [6.45, 7) is 0. The monoisotopic (exact) mass is 800 g/mol. The molecule has 0 fully saturated rings. The van der Waals surface area contributed by atoms with Crippen LogP contribution in [0.25, 0.3) is 85.9 Å². The second kappa shape index (κ2) is 13.3. The summed E-state index contributed by atoms with van der Waals surface area (Å²) in [6.07, 6.45) is 0. The van der Waals surface area contributed by atoms with Gasteiger partial charge in [0.05, 0.1) is 11.4 Å². The van der Waals surface area contributed by atoms with Crippen molar-refractivity contribution in [1.82, 2.24) is 9.97 Å². The van der Waals surface area contributed by atoms with E-state index < -0.39 is 0 Å². The van der Waals surface area contributed by atoms with Gasteiger partial charge in [0.2, 0.25) is 0 Å². The molecule has 5 heterocycles. The second-order valence-electron chi connectivity index (χ2n) is 15.4. The SMILES string of the molecule is c1ccc2cc(N(c3ccc4c(c3)oc3ccccc34)c3ccc4c(n3)sc3nc(N(c5ccc6ccccc6c5)c5ccc6c(c5)oc5ccccc56)ccc34)ccc2c1. The first kappa shape index (κ1) is 33.9. The lowest BCUT2D eigenvalue weighted by Gasteiger charge is -2.24. The van der Waals surface area contributed by atoms with Crippen LogP contribution in [0.3, 0.4) is 0 Å². The smallest absolute Gasteiger partial charge is 0.139 e. The van der Waals surface area contributed by atoms with Crippen LogP contribution >= 0.6 is 11.3 Å². The summed E-state index contributed by atoms with van der Waals surface area (Å²) in [7, 11) is 0. The number of thiophene rings is 1. The highest BCUT2D eigenvalue weighted by molar-refractivity contribution is 7.25. The van der Waals surface area contributed by atoms with E-state index in [9.17, 15) is 0 Å². The number of rotatable bonds is 6. The summed E-state index contributed by atoms with van der Waals surface area (Å²) in [6, 6.07) is 67.9. The van der Waals surface area contributed by atoms with E-state index in [4.69, 9.17) is 18.8 Å². The van der Waals surface area contributed by atoms with Gasteiger partial charge in [0.15, 0.2) is 0 Å². The maximum absolute atomic E-state index is 6.38. The third kappa shape index (κ3) is 5.48. The molecule has 13 aromatic rings. The highest BCUT2D eigenvalue weighted by Crippen LogP contribution is 2.43. The molecule has 61 heavy (non-hydrogen) atoms. The van der Waals surface area contributed by atoms with Gasteiger partial charge in [0.1, 0.15) is 43.6 Å². The third-order valence-electron chi connectivity index (χ3n) is 11.9. The molecule has 0 radical (unpaired) electrons. The highest BCUT2D eigenvalue weighted by Gasteiger charge is 2.21. The van der Waals surface area contributed by atoms with Crippen molar-refractivity contribution in [2.75, 3.05) is 9.80 Å². The Labute approximate surface area is 352 Å². The minimum atomic E-state index is 0.807. The van der Waals surface area contributed by atoms with E-state index in [1.165, 1.54) is 10.8 Å². The molecule has 286 valence electrons. The number of fused-ring (bicyclic) bond motifs is 11. The summed E-state index contributed by atoms with van der Waals surface area (Å²) in [5.74, 6) is 1.61. The fraction of sp³-hybridized carbons (Fsp3) is 0. The Morgan fingerprint density at radius 2 is 0.689 bits per heavy atom. The fourth-order valence-corrected chi connectivity index (χ4v) is 9.97. The zero-order valence-corrected chi connectivity index (χ0v) is 33.3. The topological polar surface area (TPSA) is 58.5 Å². The van der Waals surface area contributed by atoms with Crippen molar-refractivity contribution in [1.29, 1.82) is 0 Å². The molecule has 0 atom stereocenters. The number of nitrogens with zero attached hydrogens (tertiary/aromatic N) is 4. The van der Waals surface area contributed by atoms with E-state index in [0.717, 1.165) is 109 Å². The number of hydrogen-bond acceptors (Lipinski definition) is 7. The van der Waals surface area contributed by atoms with E-state index in [2.05, 4.69) is 180 Å². The van der Waals surface area contributed by atoms with Crippen LogP contribution in [-0.2, 0) is 0 Å². The minimum absolute atomic E-state index is 0.807. The first-order valence-corrected chi connectivity index (χ1v) is 21.1. The Morgan fingerprint density at radius 3 is 1.18 bits per heavy atom. The zero-order valence-electron chi connectivity index (χ0n) is 32.5. The average molecular weight is 801 g/mol. The molecule has 7 heteroatoms. The number of benzene rings is 8. The Balaban J connectivity index is 0.961. The van der Waals surface area contributed by atoms with E-state index >= 15 is 0 Å². The lowest BCUT2D eigenvalue weighted by Crippen LogP contribution is -2.11. The van der Waals surface area contributed by atoms with Gasteiger partial charge in [-0.3, -0.25) is 9.80 Å². The largest absolute Gasteiger partial charge is 0.456 e. The van der Waals surface area contributed by atoms with E-state index in [-0.39, 0.29) is 0 Å². The number of anilines is 6. The molecular weight excluding hydrogens is 769 g/mol. The summed E-state index contributed by atoms with van der Waals surface area (Å²) in [4.78, 5) is 17.1. The molecule has 0 aliphatic carbocycles. The standard InChI is InChI=1S/C54H32N4O2S/c1-3-11-35-29-37(19-17-33(35)9-1)57(39-21-23-43-41-13-5-7-15-47(41)59-49(43)31-39)51-27-25-45-46-26-28-52(56-54(46)61-53(45)55-51)58(38-20-18-34-10-2-4-12-36(34)30-38)40-22-24-44-42-14-6-8-16-48(42)60-50(44)32-40/h1-32H. The minimum Gasteiger partial charge on any atom is -0.456 e. The van der Waals surface area contributed by atoms with Gasteiger partial charge >= 0.3 is 0 Å². The van der Waals surface area contributed by atoms with E-state index in [0.29, 0.717) is 0 Å². The van der Waals surface area contributed by atoms with Gasteiger partial charge in [-0.15, -0.1) is 0 Å². The van der Waals surface area contributed by atoms with Crippen LogP contribution in [-0.4, -0.2) is 9.97 Å². The van der Waals surface area contributed by atoms with Crippen LogP contribution in [0.4, 0.5) is 34.4 Å². The molecule has 0 aliphatic heterocycles. The van der Waals surface area contributed by atoms with Gasteiger partial charge in [-0.05, 0) is 106 Å². The van der Waals surface area contributed by atoms with E-state index in [1.807, 2.05) is 24.3 Å². The second-order valence-corrected chi connectivity index (χ2v) is 16.4. The Hall–Kier alpha value is -8.00. The van der Waals surface area contributed by atoms with Gasteiger partial charge in [-0.2, -0.15) is 0 Å². The quantitative estimate of drug-likeness (QED) is 0.167. The van der Waals surface area contributed by atoms with Gasteiger partial charge in [0, 0.05) is 55.8 Å². The predicted molar refractivity (Wildman–Crippen MR) is 254 cm³/mol. The first-order valence-electron chi connectivity index (χ1n) is 20.3. The molecule has 0 aliphatic rings. The van der Waals surface area contributed by atoms with Crippen LogP contribution in [0, 0.1) is 0 Å². The summed E-state index contributed by atoms with van der Waals surface area (Å²) in [5.41, 5.74) is 7.35. The van der Waals surface area contributed by atoms with Crippen molar-refractivity contribution in [2.45, 2.75) is 0 Å². The van der Waals surface area contributed by atoms with Crippen molar-refractivity contribution in [3.05, 3.63) is 194 Å². The third-order valence-corrected chi connectivity index (χ3v) is 12.9. The molecule has 8 aromatic carbocycles. The van der Waals surface area contributed by atoms with Crippen LogP contribution < -0.4 is 9.80 Å². The lowest BCUT2D eigenvalue weighted by atomic mass is 10.1. The number of hydrogen-bond donors (Lipinski definition) is 0. The van der Waals surface area contributed by atoms with Gasteiger partial charge in [-0.25, -0.2) is 9.97 Å². The molecule has 6 nitrogen and oxygen atoms in total. The number of pyridine rings is 2. The molecule has 0 bridgehead atoms. The number of para-hydroxylation sites is 2. The van der Waals surface area contributed by atoms with Crippen molar-refractivity contribution in [3.8, 4) is 0 Å². The Kier molecular flexibility index (Phi) is 7.37. The molecular formula is C54H32N4O2S. The van der Waals surface area contributed by atoms with Crippen molar-refractivity contribution < 1.29 is 8.83 Å². The fourth-order valence-electron chi connectivity index (χ4n) is 8.93. The van der Waals surface area contributed by atoms with Crippen molar-refractivity contribution in [2.24, 2.45) is 0 Å². The maximum atomic E-state index is 6.38. The number of furan rings is 2. The maximum Gasteiger partial charge on any atom is 0.139 e. The summed E-state index contributed by atoms with van der Waals surface area (Å²) >= 11 is 1.61. The molecule has 5 aromatic heterocycles. The van der Waals surface area contributed by atoms with Crippen LogP contribution in [0.2, 0.25) is 0 Å². The Bertz CT molecular complexity index is 3630. The molecule has 0 unspecified atom stereocenters. The van der Waals surface area contributed by atoms with E-state index in [1.54, 1.807) is 11.3 Å². The highest BCUT2D eigenvalue weighted by atomic mass is 32.1. The van der Waals surface area contributed by atoms with Gasteiger partial charge < -0.3 is 8.83 Å². The summed E-state index contributed by atoms with van der Waals surface area (Å²) in [5, 5.41) is 11.2. The van der Waals surface area contributed by atoms with Gasteiger partial charge in [0.25, 0.3) is 0 Å². The number of aromatic nitrogens is 2. The first-order chi connectivity index (χ1) is 30.2. The molecule has 0 N–H and O–H groups in total. The van der Waals surface area contributed by atoms with Gasteiger partial charge in [-0.1, -0.05) is 108 Å². The van der Waals surface area contributed by atoms with Crippen LogP contribution in [0.15, 0.2) is 203 Å². The van der Waals surface area contributed by atoms with Crippen LogP contribution in [0.5, 0.6) is 0 Å². The Morgan fingerprint density at radius 1 is 0.311 bits per heavy atom. The van der Waals surface area contributed by atoms with Crippen molar-refractivity contribution >= 4 is 132 Å². The lowest BCUT2D eigenvalue weighted by molar-refractivity contribution is 0.668. The molecule has 0 spiro atoms.